The highest BCUT2D eigenvalue weighted by Crippen LogP contribution is 2.42. The number of hydrazine groups is 1. The third-order valence-corrected chi connectivity index (χ3v) is 3.91. The van der Waals surface area contributed by atoms with E-state index in [1.807, 2.05) is 0 Å². The summed E-state index contributed by atoms with van der Waals surface area (Å²) in [6.45, 7) is 2.10. The number of hydrogen-bond acceptors (Lipinski definition) is 2. The van der Waals surface area contributed by atoms with Gasteiger partial charge >= 0.3 is 0 Å². The summed E-state index contributed by atoms with van der Waals surface area (Å²) < 4.78 is 0. The molecule has 1 aliphatic carbocycles. The van der Waals surface area contributed by atoms with Gasteiger partial charge in [-0.25, -0.2) is 0 Å². The van der Waals surface area contributed by atoms with E-state index in [0.717, 1.165) is 6.42 Å². The zero-order valence-electron chi connectivity index (χ0n) is 10.6. The van der Waals surface area contributed by atoms with Crippen molar-refractivity contribution in [2.45, 2.75) is 25.3 Å². The lowest BCUT2D eigenvalue weighted by molar-refractivity contribution is 0.419. The molecule has 0 saturated carbocycles. The number of benzene rings is 2. The Hall–Kier alpha value is -1.64. The van der Waals surface area contributed by atoms with E-state index in [1.165, 1.54) is 22.3 Å². The SMILES string of the molecule is Cc1ccc(C(NN)C2Cc3ccccc32)cc1. The fourth-order valence-corrected chi connectivity index (χ4v) is 2.81. The van der Waals surface area contributed by atoms with Gasteiger partial charge in [-0.05, 0) is 30.0 Å². The van der Waals surface area contributed by atoms with Crippen LogP contribution in [0.15, 0.2) is 48.5 Å². The fraction of sp³-hybridized carbons (Fsp3) is 0.250. The number of aryl methyl sites for hydroxylation is 1. The van der Waals surface area contributed by atoms with Gasteiger partial charge in [-0.15, -0.1) is 0 Å². The summed E-state index contributed by atoms with van der Waals surface area (Å²) in [5.74, 6) is 6.25. The molecule has 18 heavy (non-hydrogen) atoms. The van der Waals surface area contributed by atoms with E-state index in [9.17, 15) is 0 Å². The van der Waals surface area contributed by atoms with Gasteiger partial charge in [-0.3, -0.25) is 11.3 Å². The monoisotopic (exact) mass is 238 g/mol. The standard InChI is InChI=1S/C16H18N2/c1-11-6-8-12(9-7-11)16(18-17)15-10-13-4-2-3-5-14(13)15/h2-9,15-16,18H,10,17H2,1H3. The van der Waals surface area contributed by atoms with Gasteiger partial charge in [-0.1, -0.05) is 54.1 Å². The van der Waals surface area contributed by atoms with Gasteiger partial charge in [0.25, 0.3) is 0 Å². The second-order valence-electron chi connectivity index (χ2n) is 5.06. The van der Waals surface area contributed by atoms with Crippen molar-refractivity contribution in [3.63, 3.8) is 0 Å². The van der Waals surface area contributed by atoms with E-state index in [1.54, 1.807) is 0 Å². The lowest BCUT2D eigenvalue weighted by Crippen LogP contribution is -2.37. The molecule has 3 N–H and O–H groups in total. The maximum atomic E-state index is 5.76. The molecule has 0 spiro atoms. The second-order valence-corrected chi connectivity index (χ2v) is 5.06. The van der Waals surface area contributed by atoms with E-state index in [0.29, 0.717) is 5.92 Å². The van der Waals surface area contributed by atoms with Gasteiger partial charge in [0, 0.05) is 5.92 Å². The Morgan fingerprint density at radius 1 is 1.11 bits per heavy atom. The molecule has 2 unspecified atom stereocenters. The normalized spacial score (nSPS) is 18.9. The molecule has 0 bridgehead atoms. The predicted octanol–water partition coefficient (Wildman–Crippen LogP) is 2.84. The van der Waals surface area contributed by atoms with Gasteiger partial charge in [0.05, 0.1) is 6.04 Å². The second kappa shape index (κ2) is 4.56. The van der Waals surface area contributed by atoms with Crippen LogP contribution in [0.1, 0.15) is 34.2 Å². The fourth-order valence-electron chi connectivity index (χ4n) is 2.81. The van der Waals surface area contributed by atoms with Crippen LogP contribution < -0.4 is 11.3 Å². The highest BCUT2D eigenvalue weighted by Gasteiger charge is 2.32. The summed E-state index contributed by atoms with van der Waals surface area (Å²) in [6.07, 6.45) is 1.11. The molecule has 0 aliphatic heterocycles. The van der Waals surface area contributed by atoms with E-state index in [-0.39, 0.29) is 6.04 Å². The Kier molecular flexibility index (Phi) is 2.90. The van der Waals surface area contributed by atoms with Crippen LogP contribution in [-0.2, 0) is 6.42 Å². The van der Waals surface area contributed by atoms with Crippen molar-refractivity contribution in [2.75, 3.05) is 0 Å². The van der Waals surface area contributed by atoms with Gasteiger partial charge in [0.1, 0.15) is 0 Å². The first-order chi connectivity index (χ1) is 8.79. The molecule has 3 rings (SSSR count). The largest absolute Gasteiger partial charge is 0.271 e. The molecule has 92 valence electrons. The summed E-state index contributed by atoms with van der Waals surface area (Å²) >= 11 is 0. The minimum atomic E-state index is 0.209. The lowest BCUT2D eigenvalue weighted by Gasteiger charge is -2.36. The van der Waals surface area contributed by atoms with E-state index >= 15 is 0 Å². The Morgan fingerprint density at radius 2 is 1.83 bits per heavy atom. The Morgan fingerprint density at radius 3 is 2.50 bits per heavy atom. The minimum Gasteiger partial charge on any atom is -0.271 e. The zero-order valence-corrected chi connectivity index (χ0v) is 10.6. The molecule has 2 aromatic rings. The van der Waals surface area contributed by atoms with Crippen LogP contribution in [0, 0.1) is 6.92 Å². The smallest absolute Gasteiger partial charge is 0.0531 e. The zero-order chi connectivity index (χ0) is 12.5. The molecule has 2 aromatic carbocycles. The molecule has 0 amide bonds. The molecule has 2 atom stereocenters. The molecule has 0 fully saturated rings. The van der Waals surface area contributed by atoms with Crippen molar-refractivity contribution >= 4 is 0 Å². The van der Waals surface area contributed by atoms with E-state index < -0.39 is 0 Å². The lowest BCUT2D eigenvalue weighted by atomic mass is 9.72. The molecular formula is C16H18N2. The number of nitrogens with one attached hydrogen (secondary N) is 1. The first kappa shape index (κ1) is 11.5. The molecule has 0 saturated heterocycles. The highest BCUT2D eigenvalue weighted by atomic mass is 15.2. The average Bonchev–Trinajstić information content (AvgIpc) is 2.37. The summed E-state index contributed by atoms with van der Waals surface area (Å²) in [5.41, 5.74) is 8.41. The van der Waals surface area contributed by atoms with E-state index in [4.69, 9.17) is 5.84 Å². The minimum absolute atomic E-state index is 0.209. The van der Waals surface area contributed by atoms with Crippen LogP contribution in [0.4, 0.5) is 0 Å². The molecule has 0 aromatic heterocycles. The first-order valence-corrected chi connectivity index (χ1v) is 6.40. The van der Waals surface area contributed by atoms with Crippen LogP contribution in [0.25, 0.3) is 0 Å². The maximum absolute atomic E-state index is 5.76. The Balaban J connectivity index is 1.89. The predicted molar refractivity (Wildman–Crippen MR) is 74.1 cm³/mol. The maximum Gasteiger partial charge on any atom is 0.0531 e. The number of hydrogen-bond donors (Lipinski definition) is 2. The molecule has 1 aliphatic rings. The Labute approximate surface area is 108 Å². The van der Waals surface area contributed by atoms with Crippen molar-refractivity contribution in [1.82, 2.24) is 5.43 Å². The molecular weight excluding hydrogens is 220 g/mol. The summed E-state index contributed by atoms with van der Waals surface area (Å²) in [4.78, 5) is 0. The topological polar surface area (TPSA) is 38.0 Å². The first-order valence-electron chi connectivity index (χ1n) is 6.40. The Bertz CT molecular complexity index is 545. The summed E-state index contributed by atoms with van der Waals surface area (Å²) in [6, 6.07) is 17.5. The van der Waals surface area contributed by atoms with Crippen molar-refractivity contribution in [3.8, 4) is 0 Å². The van der Waals surface area contributed by atoms with Gasteiger partial charge in [0.2, 0.25) is 0 Å². The third-order valence-electron chi connectivity index (χ3n) is 3.91. The van der Waals surface area contributed by atoms with Crippen molar-refractivity contribution in [3.05, 3.63) is 70.8 Å². The van der Waals surface area contributed by atoms with Crippen molar-refractivity contribution in [1.29, 1.82) is 0 Å². The molecule has 2 nitrogen and oxygen atoms in total. The summed E-state index contributed by atoms with van der Waals surface area (Å²) in [5, 5.41) is 0. The number of nitrogens with two attached hydrogens (primary N) is 1. The van der Waals surface area contributed by atoms with Crippen LogP contribution >= 0.6 is 0 Å². The van der Waals surface area contributed by atoms with Gasteiger partial charge in [0.15, 0.2) is 0 Å². The summed E-state index contributed by atoms with van der Waals surface area (Å²) in [7, 11) is 0. The van der Waals surface area contributed by atoms with Crippen LogP contribution in [0.5, 0.6) is 0 Å². The van der Waals surface area contributed by atoms with Crippen molar-refractivity contribution < 1.29 is 0 Å². The van der Waals surface area contributed by atoms with Crippen LogP contribution in [0.3, 0.4) is 0 Å². The van der Waals surface area contributed by atoms with Gasteiger partial charge in [-0.2, -0.15) is 0 Å². The van der Waals surface area contributed by atoms with Crippen molar-refractivity contribution in [2.24, 2.45) is 5.84 Å². The average molecular weight is 238 g/mol. The van der Waals surface area contributed by atoms with Gasteiger partial charge < -0.3 is 0 Å². The van der Waals surface area contributed by atoms with Crippen LogP contribution in [-0.4, -0.2) is 0 Å². The third kappa shape index (κ3) is 1.84. The number of rotatable bonds is 3. The molecule has 0 heterocycles. The van der Waals surface area contributed by atoms with Crippen LogP contribution in [0.2, 0.25) is 0 Å². The van der Waals surface area contributed by atoms with E-state index in [2.05, 4.69) is 60.9 Å². The number of fused-ring (bicyclic) bond motifs is 1. The highest BCUT2D eigenvalue weighted by molar-refractivity contribution is 5.43. The molecule has 2 heteroatoms. The molecule has 0 radical (unpaired) electrons. The quantitative estimate of drug-likeness (QED) is 0.637.